The zero-order valence-corrected chi connectivity index (χ0v) is 9.14. The lowest BCUT2D eigenvalue weighted by Gasteiger charge is -2.17. The monoisotopic (exact) mass is 202 g/mol. The van der Waals surface area contributed by atoms with Gasteiger partial charge in [-0.2, -0.15) is 11.8 Å². The third-order valence-electron chi connectivity index (χ3n) is 2.55. The van der Waals surface area contributed by atoms with Crippen molar-refractivity contribution in [2.45, 2.75) is 31.1 Å². The third-order valence-corrected chi connectivity index (χ3v) is 3.59. The van der Waals surface area contributed by atoms with Crippen LogP contribution >= 0.6 is 11.8 Å². The SMILES string of the molecule is CSC(C)CCN1CCC(N)C1=O. The molecule has 1 aliphatic rings. The summed E-state index contributed by atoms with van der Waals surface area (Å²) in [6.07, 6.45) is 3.99. The summed E-state index contributed by atoms with van der Waals surface area (Å²) in [4.78, 5) is 13.3. The minimum atomic E-state index is -0.232. The Morgan fingerprint density at radius 1 is 1.77 bits per heavy atom. The molecule has 0 aromatic carbocycles. The average Bonchev–Trinajstić information content (AvgIpc) is 2.44. The Morgan fingerprint density at radius 3 is 2.92 bits per heavy atom. The molecule has 2 N–H and O–H groups in total. The number of likely N-dealkylation sites (tertiary alicyclic amines) is 1. The summed E-state index contributed by atoms with van der Waals surface area (Å²) >= 11 is 1.84. The molecular weight excluding hydrogens is 184 g/mol. The van der Waals surface area contributed by atoms with Crippen LogP contribution in [0.25, 0.3) is 0 Å². The van der Waals surface area contributed by atoms with Crippen molar-refractivity contribution in [3.8, 4) is 0 Å². The first-order chi connectivity index (χ1) is 6.15. The molecule has 0 spiro atoms. The van der Waals surface area contributed by atoms with E-state index >= 15 is 0 Å². The van der Waals surface area contributed by atoms with E-state index in [1.165, 1.54) is 0 Å². The highest BCUT2D eigenvalue weighted by Crippen LogP contribution is 2.14. The molecule has 0 aromatic heterocycles. The molecule has 1 saturated heterocycles. The van der Waals surface area contributed by atoms with Crippen LogP contribution in [0.1, 0.15) is 19.8 Å². The normalized spacial score (nSPS) is 25.3. The molecule has 1 fully saturated rings. The number of hydrogen-bond acceptors (Lipinski definition) is 3. The van der Waals surface area contributed by atoms with Gasteiger partial charge in [0.2, 0.25) is 5.91 Å². The predicted molar refractivity (Wildman–Crippen MR) is 56.8 cm³/mol. The summed E-state index contributed by atoms with van der Waals surface area (Å²) in [5.74, 6) is 0.133. The van der Waals surface area contributed by atoms with Crippen LogP contribution in [0.3, 0.4) is 0 Å². The van der Waals surface area contributed by atoms with Gasteiger partial charge >= 0.3 is 0 Å². The lowest BCUT2D eigenvalue weighted by Crippen LogP contribution is -2.35. The summed E-state index contributed by atoms with van der Waals surface area (Å²) in [7, 11) is 0. The first-order valence-corrected chi connectivity index (χ1v) is 6.01. The van der Waals surface area contributed by atoms with E-state index in [1.54, 1.807) is 0 Å². The van der Waals surface area contributed by atoms with Gasteiger partial charge in [0.05, 0.1) is 6.04 Å². The Morgan fingerprint density at radius 2 is 2.46 bits per heavy atom. The number of carbonyl (C=O) groups excluding carboxylic acids is 1. The molecule has 0 radical (unpaired) electrons. The lowest BCUT2D eigenvalue weighted by atomic mass is 10.3. The third kappa shape index (κ3) is 2.88. The number of rotatable bonds is 4. The topological polar surface area (TPSA) is 46.3 Å². The van der Waals surface area contributed by atoms with Crippen molar-refractivity contribution in [2.75, 3.05) is 19.3 Å². The van der Waals surface area contributed by atoms with Gasteiger partial charge in [0.15, 0.2) is 0 Å². The maximum absolute atomic E-state index is 11.4. The zero-order valence-electron chi connectivity index (χ0n) is 8.32. The Bertz CT molecular complexity index is 186. The molecular formula is C9H18N2OS. The van der Waals surface area contributed by atoms with Crippen LogP contribution in [0.5, 0.6) is 0 Å². The predicted octanol–water partition coefficient (Wildman–Crippen LogP) is 0.688. The number of nitrogens with zero attached hydrogens (tertiary/aromatic N) is 1. The summed E-state index contributed by atoms with van der Waals surface area (Å²) in [5.41, 5.74) is 5.61. The fraction of sp³-hybridized carbons (Fsp3) is 0.889. The van der Waals surface area contributed by atoms with Gasteiger partial charge in [0.1, 0.15) is 0 Å². The smallest absolute Gasteiger partial charge is 0.239 e. The van der Waals surface area contributed by atoms with E-state index in [1.807, 2.05) is 16.7 Å². The first-order valence-electron chi connectivity index (χ1n) is 4.72. The van der Waals surface area contributed by atoms with E-state index in [0.29, 0.717) is 5.25 Å². The zero-order chi connectivity index (χ0) is 9.84. The molecule has 0 bridgehead atoms. The molecule has 3 nitrogen and oxygen atoms in total. The van der Waals surface area contributed by atoms with Gasteiger partial charge in [-0.25, -0.2) is 0 Å². The standard InChI is InChI=1S/C9H18N2OS/c1-7(13-2)3-5-11-6-4-8(10)9(11)12/h7-8H,3-6,10H2,1-2H3. The molecule has 1 heterocycles. The van der Waals surface area contributed by atoms with Crippen LogP contribution in [-0.2, 0) is 4.79 Å². The van der Waals surface area contributed by atoms with Crippen LogP contribution in [-0.4, -0.2) is 41.4 Å². The van der Waals surface area contributed by atoms with E-state index in [2.05, 4.69) is 13.2 Å². The molecule has 2 unspecified atom stereocenters. The largest absolute Gasteiger partial charge is 0.341 e. The molecule has 1 aliphatic heterocycles. The second kappa shape index (κ2) is 4.86. The Kier molecular flexibility index (Phi) is 4.06. The van der Waals surface area contributed by atoms with E-state index in [0.717, 1.165) is 25.9 Å². The first kappa shape index (κ1) is 10.9. The molecule has 1 rings (SSSR count). The van der Waals surface area contributed by atoms with Gasteiger partial charge in [0.25, 0.3) is 0 Å². The van der Waals surface area contributed by atoms with E-state index in [4.69, 9.17) is 5.73 Å². The number of nitrogens with two attached hydrogens (primary N) is 1. The molecule has 0 aromatic rings. The van der Waals surface area contributed by atoms with E-state index in [9.17, 15) is 4.79 Å². The van der Waals surface area contributed by atoms with Crippen molar-refractivity contribution < 1.29 is 4.79 Å². The van der Waals surface area contributed by atoms with Crippen molar-refractivity contribution in [1.29, 1.82) is 0 Å². The van der Waals surface area contributed by atoms with Crippen LogP contribution in [0.15, 0.2) is 0 Å². The molecule has 0 saturated carbocycles. The highest BCUT2D eigenvalue weighted by molar-refractivity contribution is 7.99. The second-order valence-corrected chi connectivity index (χ2v) is 4.83. The van der Waals surface area contributed by atoms with Gasteiger partial charge in [-0.3, -0.25) is 4.79 Å². The summed E-state index contributed by atoms with van der Waals surface area (Å²) in [6.45, 7) is 3.90. The van der Waals surface area contributed by atoms with Crippen molar-refractivity contribution in [3.63, 3.8) is 0 Å². The lowest BCUT2D eigenvalue weighted by molar-refractivity contribution is -0.128. The van der Waals surface area contributed by atoms with Gasteiger partial charge in [-0.05, 0) is 19.1 Å². The summed E-state index contributed by atoms with van der Waals surface area (Å²) in [5, 5.41) is 0.629. The molecule has 4 heteroatoms. The highest BCUT2D eigenvalue weighted by Gasteiger charge is 2.27. The maximum Gasteiger partial charge on any atom is 0.239 e. The Labute approximate surface area is 84.0 Å². The molecule has 1 amide bonds. The van der Waals surface area contributed by atoms with Gasteiger partial charge < -0.3 is 10.6 Å². The van der Waals surface area contributed by atoms with Gasteiger partial charge in [-0.15, -0.1) is 0 Å². The van der Waals surface area contributed by atoms with Gasteiger partial charge in [0, 0.05) is 18.3 Å². The van der Waals surface area contributed by atoms with Crippen LogP contribution < -0.4 is 5.73 Å². The summed E-state index contributed by atoms with van der Waals surface area (Å²) < 4.78 is 0. The Hall–Kier alpha value is -0.220. The number of amides is 1. The summed E-state index contributed by atoms with van der Waals surface area (Å²) in [6, 6.07) is -0.232. The van der Waals surface area contributed by atoms with Crippen molar-refractivity contribution in [3.05, 3.63) is 0 Å². The van der Waals surface area contributed by atoms with Crippen molar-refractivity contribution in [2.24, 2.45) is 5.73 Å². The number of thioether (sulfide) groups is 1. The van der Waals surface area contributed by atoms with E-state index in [-0.39, 0.29) is 11.9 Å². The fourth-order valence-corrected chi connectivity index (χ4v) is 1.78. The minimum Gasteiger partial charge on any atom is -0.341 e. The van der Waals surface area contributed by atoms with Crippen LogP contribution in [0.4, 0.5) is 0 Å². The fourth-order valence-electron chi connectivity index (χ4n) is 1.44. The Balaban J connectivity index is 2.26. The van der Waals surface area contributed by atoms with Gasteiger partial charge in [-0.1, -0.05) is 6.92 Å². The minimum absolute atomic E-state index is 0.133. The van der Waals surface area contributed by atoms with E-state index < -0.39 is 0 Å². The molecule has 13 heavy (non-hydrogen) atoms. The molecule has 2 atom stereocenters. The average molecular weight is 202 g/mol. The van der Waals surface area contributed by atoms with Crippen LogP contribution in [0, 0.1) is 0 Å². The second-order valence-electron chi connectivity index (χ2n) is 3.56. The van der Waals surface area contributed by atoms with Crippen molar-refractivity contribution >= 4 is 17.7 Å². The number of carbonyl (C=O) groups is 1. The quantitative estimate of drug-likeness (QED) is 0.729. The highest BCUT2D eigenvalue weighted by atomic mass is 32.2. The van der Waals surface area contributed by atoms with Crippen molar-refractivity contribution in [1.82, 2.24) is 4.90 Å². The molecule has 0 aliphatic carbocycles. The van der Waals surface area contributed by atoms with Crippen LogP contribution in [0.2, 0.25) is 0 Å². The number of hydrogen-bond donors (Lipinski definition) is 1. The molecule has 76 valence electrons. The maximum atomic E-state index is 11.4.